The van der Waals surface area contributed by atoms with Crippen LogP contribution >= 0.6 is 38.9 Å². The second kappa shape index (κ2) is 4.23. The van der Waals surface area contributed by atoms with Gasteiger partial charge in [0.15, 0.2) is 0 Å². The number of halogens is 2. The molecule has 0 radical (unpaired) electrons. The summed E-state index contributed by atoms with van der Waals surface area (Å²) in [5.41, 5.74) is 0. The summed E-state index contributed by atoms with van der Waals surface area (Å²) in [6, 6.07) is 2.69. The number of rotatable bonds is 1. The molecular weight excluding hydrogens is 324 g/mol. The van der Waals surface area contributed by atoms with E-state index in [1.54, 1.807) is 6.07 Å². The molecule has 2 atom stereocenters. The van der Waals surface area contributed by atoms with E-state index < -0.39 is 0 Å². The molecule has 1 aromatic heterocycles. The van der Waals surface area contributed by atoms with Gasteiger partial charge in [0.25, 0.3) is 5.91 Å². The minimum atomic E-state index is 0.128. The van der Waals surface area contributed by atoms with Gasteiger partial charge in [-0.15, -0.1) is 11.3 Å². The monoisotopic (exact) mass is 334 g/mol. The van der Waals surface area contributed by atoms with Crippen molar-refractivity contribution < 1.29 is 4.79 Å². The fourth-order valence-corrected chi connectivity index (χ4v) is 4.37. The maximum absolute atomic E-state index is 12.3. The molecule has 0 N–H and O–H groups in total. The van der Waals surface area contributed by atoms with Crippen molar-refractivity contribution in [3.05, 3.63) is 19.8 Å². The smallest absolute Gasteiger partial charge is 0.264 e. The molecule has 92 valence electrons. The zero-order chi connectivity index (χ0) is 12.2. The molecule has 1 amide bonds. The zero-order valence-electron chi connectivity index (χ0n) is 9.32. The zero-order valence-corrected chi connectivity index (χ0v) is 12.5. The van der Waals surface area contributed by atoms with Crippen LogP contribution < -0.4 is 0 Å². The highest BCUT2D eigenvalue weighted by Crippen LogP contribution is 2.35. The molecule has 1 aromatic rings. The number of nitrogens with zero attached hydrogens (tertiary/aromatic N) is 2. The van der Waals surface area contributed by atoms with Gasteiger partial charge in [0.2, 0.25) is 0 Å². The minimum Gasteiger partial charge on any atom is -0.332 e. The number of amides is 1. The van der Waals surface area contributed by atoms with E-state index in [-0.39, 0.29) is 5.91 Å². The number of likely N-dealkylation sites (N-methyl/N-ethyl adjacent to an activating group) is 1. The average Bonchev–Trinajstić information content (AvgIpc) is 2.93. The molecule has 2 bridgehead atoms. The van der Waals surface area contributed by atoms with Crippen LogP contribution in [0.5, 0.6) is 0 Å². The number of thiophene rings is 1. The van der Waals surface area contributed by atoms with E-state index in [0.29, 0.717) is 17.1 Å². The maximum Gasteiger partial charge on any atom is 0.264 e. The van der Waals surface area contributed by atoms with E-state index in [0.717, 1.165) is 28.2 Å². The van der Waals surface area contributed by atoms with Crippen LogP contribution in [0, 0.1) is 0 Å². The topological polar surface area (TPSA) is 23.6 Å². The predicted octanol–water partition coefficient (Wildman–Crippen LogP) is 2.69. The van der Waals surface area contributed by atoms with Crippen molar-refractivity contribution >= 4 is 44.8 Å². The fraction of sp³-hybridized carbons (Fsp3) is 0.545. The predicted molar refractivity (Wildman–Crippen MR) is 72.9 cm³/mol. The Balaban J connectivity index is 1.80. The van der Waals surface area contributed by atoms with Gasteiger partial charge in [-0.05, 0) is 35.5 Å². The standard InChI is InChI=1S/C11H12BrClN2OS/c1-14-4-7-2-6(14)5-15(7)11(16)9-3-8(13)10(12)17-9/h3,6-7H,2,4-5H2,1H3/t6-,7-/m0/s1. The van der Waals surface area contributed by atoms with Crippen LogP contribution in [-0.4, -0.2) is 47.9 Å². The Bertz CT molecular complexity index is 457. The van der Waals surface area contributed by atoms with Gasteiger partial charge >= 0.3 is 0 Å². The summed E-state index contributed by atoms with van der Waals surface area (Å²) in [5, 5.41) is 0.625. The lowest BCUT2D eigenvalue weighted by Gasteiger charge is -2.31. The van der Waals surface area contributed by atoms with Gasteiger partial charge in [-0.25, -0.2) is 0 Å². The Kier molecular flexibility index (Phi) is 2.97. The Morgan fingerprint density at radius 3 is 2.76 bits per heavy atom. The summed E-state index contributed by atoms with van der Waals surface area (Å²) >= 11 is 10.7. The molecule has 3 nitrogen and oxygen atoms in total. The molecule has 3 heterocycles. The van der Waals surface area contributed by atoms with Crippen molar-refractivity contribution in [3.8, 4) is 0 Å². The lowest BCUT2D eigenvalue weighted by Crippen LogP contribution is -2.47. The lowest BCUT2D eigenvalue weighted by molar-refractivity contribution is 0.0655. The van der Waals surface area contributed by atoms with Gasteiger partial charge in [-0.1, -0.05) is 11.6 Å². The molecule has 2 aliphatic rings. The summed E-state index contributed by atoms with van der Waals surface area (Å²) in [4.78, 5) is 17.4. The lowest BCUT2D eigenvalue weighted by atomic mass is 10.2. The van der Waals surface area contributed by atoms with Crippen molar-refractivity contribution in [2.24, 2.45) is 0 Å². The highest BCUT2D eigenvalue weighted by Gasteiger charge is 2.43. The highest BCUT2D eigenvalue weighted by molar-refractivity contribution is 9.11. The van der Waals surface area contributed by atoms with E-state index in [2.05, 4.69) is 27.9 Å². The van der Waals surface area contributed by atoms with E-state index in [1.165, 1.54) is 11.3 Å². The first-order valence-electron chi connectivity index (χ1n) is 5.52. The Morgan fingerprint density at radius 2 is 2.29 bits per heavy atom. The van der Waals surface area contributed by atoms with Crippen molar-refractivity contribution in [2.45, 2.75) is 18.5 Å². The molecule has 0 saturated carbocycles. The fourth-order valence-electron chi connectivity index (χ4n) is 2.71. The second-order valence-electron chi connectivity index (χ2n) is 4.67. The van der Waals surface area contributed by atoms with Gasteiger partial charge in [-0.3, -0.25) is 9.69 Å². The minimum absolute atomic E-state index is 0.128. The Hall–Kier alpha value is -0.100. The summed E-state index contributed by atoms with van der Waals surface area (Å²) in [5.74, 6) is 0.128. The van der Waals surface area contributed by atoms with Gasteiger partial charge < -0.3 is 4.90 Å². The van der Waals surface area contributed by atoms with E-state index in [1.807, 2.05) is 4.90 Å². The molecule has 3 rings (SSSR count). The number of carbonyl (C=O) groups is 1. The SMILES string of the molecule is CN1C[C@@H]2C[C@H]1CN2C(=O)c1cc(Cl)c(Br)s1. The maximum atomic E-state index is 12.3. The largest absolute Gasteiger partial charge is 0.332 e. The van der Waals surface area contributed by atoms with Crippen LogP contribution in [0.4, 0.5) is 0 Å². The van der Waals surface area contributed by atoms with Crippen LogP contribution in [-0.2, 0) is 0 Å². The average molecular weight is 336 g/mol. The van der Waals surface area contributed by atoms with Gasteiger partial charge in [0.05, 0.1) is 13.7 Å². The third kappa shape index (κ3) is 1.93. The van der Waals surface area contributed by atoms with Crippen molar-refractivity contribution in [1.82, 2.24) is 9.80 Å². The van der Waals surface area contributed by atoms with Crippen molar-refractivity contribution in [2.75, 3.05) is 20.1 Å². The number of hydrogen-bond acceptors (Lipinski definition) is 3. The summed E-state index contributed by atoms with van der Waals surface area (Å²) in [7, 11) is 2.13. The van der Waals surface area contributed by atoms with Crippen LogP contribution in [0.1, 0.15) is 16.1 Å². The number of hydrogen-bond donors (Lipinski definition) is 0. The van der Waals surface area contributed by atoms with Crippen LogP contribution in [0.15, 0.2) is 9.85 Å². The first kappa shape index (κ1) is 12.0. The third-order valence-corrected chi connectivity index (χ3v) is 6.09. The van der Waals surface area contributed by atoms with Crippen LogP contribution in [0.3, 0.4) is 0 Å². The van der Waals surface area contributed by atoms with E-state index in [4.69, 9.17) is 11.6 Å². The van der Waals surface area contributed by atoms with E-state index >= 15 is 0 Å². The molecule has 6 heteroatoms. The molecule has 17 heavy (non-hydrogen) atoms. The number of fused-ring (bicyclic) bond motifs is 2. The molecule has 2 aliphatic heterocycles. The molecular formula is C11H12BrClN2OS. The molecule has 2 fully saturated rings. The normalized spacial score (nSPS) is 28.1. The molecule has 0 aliphatic carbocycles. The van der Waals surface area contributed by atoms with Crippen molar-refractivity contribution in [1.29, 1.82) is 0 Å². The van der Waals surface area contributed by atoms with Crippen molar-refractivity contribution in [3.63, 3.8) is 0 Å². The van der Waals surface area contributed by atoms with E-state index in [9.17, 15) is 4.79 Å². The summed E-state index contributed by atoms with van der Waals surface area (Å²) in [6.07, 6.45) is 1.11. The first-order chi connectivity index (χ1) is 8.06. The number of likely N-dealkylation sites (tertiary alicyclic amines) is 2. The Labute approximate surface area is 117 Å². The first-order valence-corrected chi connectivity index (χ1v) is 7.51. The highest BCUT2D eigenvalue weighted by atomic mass is 79.9. The van der Waals surface area contributed by atoms with Gasteiger partial charge in [0.1, 0.15) is 0 Å². The number of carbonyl (C=O) groups excluding carboxylic acids is 1. The molecule has 0 aromatic carbocycles. The molecule has 0 unspecified atom stereocenters. The quantitative estimate of drug-likeness (QED) is 0.788. The Morgan fingerprint density at radius 1 is 1.53 bits per heavy atom. The van der Waals surface area contributed by atoms with Gasteiger partial charge in [0, 0.05) is 25.2 Å². The van der Waals surface area contributed by atoms with Crippen LogP contribution in [0.25, 0.3) is 0 Å². The summed E-state index contributed by atoms with van der Waals surface area (Å²) < 4.78 is 0.837. The molecule has 2 saturated heterocycles. The second-order valence-corrected chi connectivity index (χ2v) is 7.45. The van der Waals surface area contributed by atoms with Gasteiger partial charge in [-0.2, -0.15) is 0 Å². The summed E-state index contributed by atoms with van der Waals surface area (Å²) in [6.45, 7) is 1.85. The third-order valence-electron chi connectivity index (χ3n) is 3.63. The van der Waals surface area contributed by atoms with Crippen LogP contribution in [0.2, 0.25) is 5.02 Å². The number of piperazine rings is 1. The molecule has 0 spiro atoms.